The molecule has 14 heavy (non-hydrogen) atoms. The molecule has 0 heterocycles. The molecule has 74 valence electrons. The molecule has 3 nitrogen and oxygen atoms in total. The van der Waals surface area contributed by atoms with Crippen molar-refractivity contribution >= 4 is 5.69 Å². The van der Waals surface area contributed by atoms with Crippen LogP contribution in [0.1, 0.15) is 18.1 Å². The fraction of sp³-hybridized carbons (Fsp3) is 0.364. The molecule has 0 aliphatic heterocycles. The number of aryl methyl sites for hydroxylation is 1. The summed E-state index contributed by atoms with van der Waals surface area (Å²) in [5, 5.41) is 12.1. The van der Waals surface area contributed by atoms with Crippen molar-refractivity contribution in [3.05, 3.63) is 29.3 Å². The summed E-state index contributed by atoms with van der Waals surface area (Å²) in [6.07, 6.45) is 0. The van der Waals surface area contributed by atoms with Crippen LogP contribution in [-0.2, 0) is 0 Å². The minimum absolute atomic E-state index is 0.185. The van der Waals surface area contributed by atoms with Crippen molar-refractivity contribution in [3.63, 3.8) is 0 Å². The van der Waals surface area contributed by atoms with Crippen molar-refractivity contribution < 1.29 is 0 Å². The van der Waals surface area contributed by atoms with E-state index in [0.717, 1.165) is 11.3 Å². The molecule has 1 unspecified atom stereocenters. The first-order chi connectivity index (χ1) is 6.67. The average molecular weight is 189 g/mol. The first kappa shape index (κ1) is 10.6. The number of benzene rings is 1. The molecule has 0 spiro atoms. The smallest absolute Gasteiger partial charge is 0.101 e. The Hall–Kier alpha value is -1.53. The summed E-state index contributed by atoms with van der Waals surface area (Å²) in [4.78, 5) is 0. The molecule has 1 rings (SSSR count). The van der Waals surface area contributed by atoms with Gasteiger partial charge >= 0.3 is 0 Å². The van der Waals surface area contributed by atoms with Crippen LogP contribution in [0.15, 0.2) is 18.2 Å². The predicted molar refractivity (Wildman–Crippen MR) is 58.0 cm³/mol. The molecule has 0 aromatic heterocycles. The number of hydrogen-bond acceptors (Lipinski definition) is 3. The highest BCUT2D eigenvalue weighted by Gasteiger charge is 2.04. The van der Waals surface area contributed by atoms with E-state index in [9.17, 15) is 0 Å². The minimum atomic E-state index is 0.185. The van der Waals surface area contributed by atoms with E-state index < -0.39 is 0 Å². The number of nitrogens with zero attached hydrogens (tertiary/aromatic N) is 1. The van der Waals surface area contributed by atoms with Gasteiger partial charge in [0.05, 0.1) is 11.3 Å². The van der Waals surface area contributed by atoms with E-state index in [-0.39, 0.29) is 6.04 Å². The number of hydrogen-bond donors (Lipinski definition) is 2. The van der Waals surface area contributed by atoms with Gasteiger partial charge in [0, 0.05) is 12.6 Å². The van der Waals surface area contributed by atoms with Gasteiger partial charge in [-0.2, -0.15) is 5.26 Å². The summed E-state index contributed by atoms with van der Waals surface area (Å²) in [5.41, 5.74) is 8.12. The van der Waals surface area contributed by atoms with Crippen LogP contribution in [0.25, 0.3) is 0 Å². The third-order valence-corrected chi connectivity index (χ3v) is 2.05. The van der Waals surface area contributed by atoms with Crippen molar-refractivity contribution in [3.8, 4) is 6.07 Å². The fourth-order valence-electron chi connectivity index (χ4n) is 1.20. The lowest BCUT2D eigenvalue weighted by Gasteiger charge is -2.14. The Labute approximate surface area is 84.5 Å². The summed E-state index contributed by atoms with van der Waals surface area (Å²) < 4.78 is 0. The Morgan fingerprint density at radius 3 is 2.86 bits per heavy atom. The maximum atomic E-state index is 8.91. The number of nitrogens with two attached hydrogens (primary N) is 1. The molecule has 0 saturated carbocycles. The van der Waals surface area contributed by atoms with Gasteiger partial charge in [0.15, 0.2) is 0 Å². The highest BCUT2D eigenvalue weighted by molar-refractivity contribution is 5.58. The van der Waals surface area contributed by atoms with Gasteiger partial charge in [0.2, 0.25) is 0 Å². The summed E-state index contributed by atoms with van der Waals surface area (Å²) in [6, 6.07) is 8.11. The third-order valence-electron chi connectivity index (χ3n) is 2.05. The van der Waals surface area contributed by atoms with E-state index in [1.165, 1.54) is 0 Å². The highest BCUT2D eigenvalue weighted by atomic mass is 14.9. The lowest BCUT2D eigenvalue weighted by molar-refractivity contribution is 0.803. The second-order valence-electron chi connectivity index (χ2n) is 3.44. The molecular formula is C11H15N3. The first-order valence-electron chi connectivity index (χ1n) is 4.64. The van der Waals surface area contributed by atoms with Gasteiger partial charge in [-0.3, -0.25) is 0 Å². The SMILES string of the molecule is Cc1ccc(NC(C)CN)c(C#N)c1. The summed E-state index contributed by atoms with van der Waals surface area (Å²) >= 11 is 0. The van der Waals surface area contributed by atoms with Gasteiger partial charge in [-0.05, 0) is 31.5 Å². The zero-order valence-corrected chi connectivity index (χ0v) is 8.54. The summed E-state index contributed by atoms with van der Waals surface area (Å²) in [5.74, 6) is 0. The normalized spacial score (nSPS) is 11.9. The quantitative estimate of drug-likeness (QED) is 0.759. The van der Waals surface area contributed by atoms with E-state index in [2.05, 4.69) is 11.4 Å². The maximum absolute atomic E-state index is 8.91. The molecule has 1 aromatic rings. The second-order valence-corrected chi connectivity index (χ2v) is 3.44. The van der Waals surface area contributed by atoms with Crippen molar-refractivity contribution in [2.24, 2.45) is 5.73 Å². The van der Waals surface area contributed by atoms with E-state index in [1.54, 1.807) is 0 Å². The van der Waals surface area contributed by atoms with Gasteiger partial charge in [-0.1, -0.05) is 6.07 Å². The maximum Gasteiger partial charge on any atom is 0.101 e. The van der Waals surface area contributed by atoms with Crippen LogP contribution in [0.2, 0.25) is 0 Å². The Kier molecular flexibility index (Phi) is 3.49. The lowest BCUT2D eigenvalue weighted by atomic mass is 10.1. The molecule has 3 heteroatoms. The fourth-order valence-corrected chi connectivity index (χ4v) is 1.20. The van der Waals surface area contributed by atoms with Crippen LogP contribution in [0, 0.1) is 18.3 Å². The number of nitriles is 1. The average Bonchev–Trinajstić information content (AvgIpc) is 2.20. The zero-order chi connectivity index (χ0) is 10.6. The Balaban J connectivity index is 2.92. The molecule has 0 bridgehead atoms. The molecule has 0 fully saturated rings. The van der Waals surface area contributed by atoms with Crippen molar-refractivity contribution in [1.29, 1.82) is 5.26 Å². The van der Waals surface area contributed by atoms with Gasteiger partial charge < -0.3 is 11.1 Å². The topological polar surface area (TPSA) is 61.8 Å². The van der Waals surface area contributed by atoms with Crippen LogP contribution in [0.5, 0.6) is 0 Å². The van der Waals surface area contributed by atoms with Crippen molar-refractivity contribution in [1.82, 2.24) is 0 Å². The van der Waals surface area contributed by atoms with E-state index in [4.69, 9.17) is 11.0 Å². The van der Waals surface area contributed by atoms with Gasteiger partial charge in [-0.25, -0.2) is 0 Å². The van der Waals surface area contributed by atoms with Crippen LogP contribution in [0.3, 0.4) is 0 Å². The molecule has 0 aliphatic carbocycles. The molecule has 0 saturated heterocycles. The van der Waals surface area contributed by atoms with Gasteiger partial charge in [0.25, 0.3) is 0 Å². The van der Waals surface area contributed by atoms with Crippen molar-refractivity contribution in [2.45, 2.75) is 19.9 Å². The monoisotopic (exact) mass is 189 g/mol. The third kappa shape index (κ3) is 2.48. The first-order valence-corrected chi connectivity index (χ1v) is 4.64. The van der Waals surface area contributed by atoms with Crippen LogP contribution in [-0.4, -0.2) is 12.6 Å². The van der Waals surface area contributed by atoms with Crippen molar-refractivity contribution in [2.75, 3.05) is 11.9 Å². The van der Waals surface area contributed by atoms with Crippen LogP contribution in [0.4, 0.5) is 5.69 Å². The van der Waals surface area contributed by atoms with Crippen LogP contribution < -0.4 is 11.1 Å². The van der Waals surface area contributed by atoms with Crippen LogP contribution >= 0.6 is 0 Å². The van der Waals surface area contributed by atoms with E-state index >= 15 is 0 Å². The number of rotatable bonds is 3. The largest absolute Gasteiger partial charge is 0.380 e. The molecule has 0 amide bonds. The highest BCUT2D eigenvalue weighted by Crippen LogP contribution is 2.16. The summed E-state index contributed by atoms with van der Waals surface area (Å²) in [7, 11) is 0. The number of anilines is 1. The molecule has 1 aromatic carbocycles. The Morgan fingerprint density at radius 1 is 1.57 bits per heavy atom. The van der Waals surface area contributed by atoms with Gasteiger partial charge in [0.1, 0.15) is 6.07 Å². The summed E-state index contributed by atoms with van der Waals surface area (Å²) in [6.45, 7) is 4.51. The Bertz CT molecular complexity index is 352. The molecular weight excluding hydrogens is 174 g/mol. The number of nitrogens with one attached hydrogen (secondary N) is 1. The molecule has 0 radical (unpaired) electrons. The minimum Gasteiger partial charge on any atom is -0.380 e. The van der Waals surface area contributed by atoms with E-state index in [0.29, 0.717) is 12.1 Å². The molecule has 0 aliphatic rings. The zero-order valence-electron chi connectivity index (χ0n) is 8.54. The Morgan fingerprint density at radius 2 is 2.29 bits per heavy atom. The second kappa shape index (κ2) is 4.64. The van der Waals surface area contributed by atoms with E-state index in [1.807, 2.05) is 32.0 Å². The molecule has 3 N–H and O–H groups in total. The standard InChI is InChI=1S/C11H15N3/c1-8-3-4-11(10(5-8)7-13)14-9(2)6-12/h3-5,9,14H,6,12H2,1-2H3. The van der Waals surface area contributed by atoms with Gasteiger partial charge in [-0.15, -0.1) is 0 Å². The lowest BCUT2D eigenvalue weighted by Crippen LogP contribution is -2.25. The molecule has 1 atom stereocenters. The predicted octanol–water partition coefficient (Wildman–Crippen LogP) is 1.63.